The van der Waals surface area contributed by atoms with Crippen molar-refractivity contribution in [2.24, 2.45) is 0 Å². The smallest absolute Gasteiger partial charge is 0.391 e. The van der Waals surface area contributed by atoms with Crippen molar-refractivity contribution in [2.75, 3.05) is 6.61 Å². The first-order valence-corrected chi connectivity index (χ1v) is 3.44. The number of halogens is 3. The van der Waals surface area contributed by atoms with E-state index in [0.717, 1.165) is 0 Å². The minimum atomic E-state index is -1.19. The zero-order valence-electron chi connectivity index (χ0n) is 4.64. The largest absolute Gasteiger partial charge is 0.456 e. The molecule has 0 radical (unpaired) electrons. The SMILES string of the molecule is O=C(Cl)C(=O)OCC(Cl)Cl. The van der Waals surface area contributed by atoms with Crippen LogP contribution in [0.3, 0.4) is 0 Å². The summed E-state index contributed by atoms with van der Waals surface area (Å²) in [6, 6.07) is 0. The van der Waals surface area contributed by atoms with Crippen LogP contribution in [0, 0.1) is 0 Å². The molecule has 0 N–H and O–H groups in total. The normalized spacial score (nSPS) is 9.60. The van der Waals surface area contributed by atoms with Crippen molar-refractivity contribution in [3.05, 3.63) is 0 Å². The molecule has 0 heterocycles. The van der Waals surface area contributed by atoms with Crippen LogP contribution in [0.5, 0.6) is 0 Å². The number of hydrogen-bond acceptors (Lipinski definition) is 3. The van der Waals surface area contributed by atoms with Gasteiger partial charge < -0.3 is 4.74 Å². The molecule has 0 aromatic carbocycles. The Morgan fingerprint density at radius 2 is 1.90 bits per heavy atom. The summed E-state index contributed by atoms with van der Waals surface area (Å²) in [5.41, 5.74) is 0. The van der Waals surface area contributed by atoms with Gasteiger partial charge in [0.15, 0.2) is 0 Å². The second-order valence-electron chi connectivity index (χ2n) is 1.26. The van der Waals surface area contributed by atoms with Gasteiger partial charge in [0.25, 0.3) is 0 Å². The molecule has 0 spiro atoms. The van der Waals surface area contributed by atoms with Gasteiger partial charge in [-0.15, -0.1) is 23.2 Å². The Morgan fingerprint density at radius 3 is 2.20 bits per heavy atom. The van der Waals surface area contributed by atoms with E-state index in [1.54, 1.807) is 0 Å². The van der Waals surface area contributed by atoms with E-state index >= 15 is 0 Å². The maximum Gasteiger partial charge on any atom is 0.391 e. The quantitative estimate of drug-likeness (QED) is 0.300. The van der Waals surface area contributed by atoms with E-state index in [0.29, 0.717) is 0 Å². The summed E-state index contributed by atoms with van der Waals surface area (Å²) in [5.74, 6) is -1.15. The maximum absolute atomic E-state index is 10.2. The highest BCUT2D eigenvalue weighted by atomic mass is 35.5. The Labute approximate surface area is 72.2 Å². The number of carbonyl (C=O) groups excluding carboxylic acids is 2. The topological polar surface area (TPSA) is 43.4 Å². The highest BCUT2D eigenvalue weighted by Crippen LogP contribution is 2.01. The molecule has 0 fully saturated rings. The first-order chi connectivity index (χ1) is 4.54. The predicted octanol–water partition coefficient (Wildman–Crippen LogP) is 1.10. The van der Waals surface area contributed by atoms with Crippen molar-refractivity contribution in [3.8, 4) is 0 Å². The molecule has 0 amide bonds. The lowest BCUT2D eigenvalue weighted by molar-refractivity contribution is -0.150. The van der Waals surface area contributed by atoms with Crippen molar-refractivity contribution >= 4 is 46.0 Å². The Kier molecular flexibility index (Phi) is 4.77. The highest BCUT2D eigenvalue weighted by molar-refractivity contribution is 6.80. The Hall–Kier alpha value is 0.01000. The monoisotopic (exact) mass is 204 g/mol. The fourth-order valence-corrected chi connectivity index (χ4v) is 0.376. The van der Waals surface area contributed by atoms with Crippen LogP contribution in [0.15, 0.2) is 0 Å². The molecule has 58 valence electrons. The molecule has 0 saturated carbocycles. The van der Waals surface area contributed by atoms with E-state index in [2.05, 4.69) is 4.74 Å². The molecule has 0 aromatic rings. The minimum Gasteiger partial charge on any atom is -0.456 e. The third-order valence-electron chi connectivity index (χ3n) is 0.501. The average molecular weight is 205 g/mol. The van der Waals surface area contributed by atoms with Gasteiger partial charge in [0, 0.05) is 0 Å². The van der Waals surface area contributed by atoms with Gasteiger partial charge in [0.1, 0.15) is 11.4 Å². The number of ether oxygens (including phenoxy) is 1. The summed E-state index contributed by atoms with van der Waals surface area (Å²) in [7, 11) is 0. The van der Waals surface area contributed by atoms with E-state index in [4.69, 9.17) is 34.8 Å². The fraction of sp³-hybridized carbons (Fsp3) is 0.500. The summed E-state index contributed by atoms with van der Waals surface area (Å²) < 4.78 is 4.18. The van der Waals surface area contributed by atoms with E-state index in [-0.39, 0.29) is 6.61 Å². The van der Waals surface area contributed by atoms with Gasteiger partial charge in [-0.25, -0.2) is 4.79 Å². The average Bonchev–Trinajstić information content (AvgIpc) is 1.82. The van der Waals surface area contributed by atoms with Gasteiger partial charge in [-0.2, -0.15) is 0 Å². The summed E-state index contributed by atoms with van der Waals surface area (Å²) in [6.07, 6.45) is 0. The summed E-state index contributed by atoms with van der Waals surface area (Å²) >= 11 is 15.0. The second-order valence-corrected chi connectivity index (χ2v) is 2.88. The Morgan fingerprint density at radius 1 is 1.40 bits per heavy atom. The lowest BCUT2D eigenvalue weighted by Crippen LogP contribution is -2.15. The van der Waals surface area contributed by atoms with Crippen LogP contribution in [0.2, 0.25) is 0 Å². The maximum atomic E-state index is 10.2. The van der Waals surface area contributed by atoms with E-state index in [1.165, 1.54) is 0 Å². The van der Waals surface area contributed by atoms with Gasteiger partial charge in [0.2, 0.25) is 0 Å². The number of hydrogen-bond donors (Lipinski definition) is 0. The molecule has 3 nitrogen and oxygen atoms in total. The Bertz CT molecular complexity index is 145. The lowest BCUT2D eigenvalue weighted by Gasteiger charge is -1.99. The molecule has 0 saturated heterocycles. The number of carbonyl (C=O) groups is 2. The molecule has 0 bridgehead atoms. The van der Waals surface area contributed by atoms with Crippen molar-refractivity contribution < 1.29 is 14.3 Å². The van der Waals surface area contributed by atoms with Gasteiger partial charge in [0.05, 0.1) is 0 Å². The van der Waals surface area contributed by atoms with Gasteiger partial charge in [-0.3, -0.25) is 4.79 Å². The molecular formula is C4H3Cl3O3. The van der Waals surface area contributed by atoms with Crippen LogP contribution >= 0.6 is 34.8 Å². The summed E-state index contributed by atoms with van der Waals surface area (Å²) in [4.78, 5) is 19.4. The third kappa shape index (κ3) is 4.85. The van der Waals surface area contributed by atoms with Gasteiger partial charge >= 0.3 is 11.2 Å². The molecular weight excluding hydrogens is 202 g/mol. The predicted molar refractivity (Wildman–Crippen MR) is 37.3 cm³/mol. The first kappa shape index (κ1) is 10.0. The van der Waals surface area contributed by atoms with E-state index in [1.807, 2.05) is 0 Å². The summed E-state index contributed by atoms with van der Waals surface area (Å²) in [5, 5.41) is -1.19. The van der Waals surface area contributed by atoms with Crippen LogP contribution < -0.4 is 0 Å². The molecule has 0 atom stereocenters. The minimum absolute atomic E-state index is 0.236. The number of alkyl halides is 2. The molecule has 0 unspecified atom stereocenters. The number of rotatable bonds is 3. The molecule has 0 aliphatic carbocycles. The van der Waals surface area contributed by atoms with Crippen LogP contribution in [0.4, 0.5) is 0 Å². The highest BCUT2D eigenvalue weighted by Gasteiger charge is 2.12. The van der Waals surface area contributed by atoms with Crippen molar-refractivity contribution in [2.45, 2.75) is 4.84 Å². The zero-order chi connectivity index (χ0) is 8.15. The molecule has 10 heavy (non-hydrogen) atoms. The lowest BCUT2D eigenvalue weighted by atomic mass is 10.7. The molecule has 0 aromatic heterocycles. The van der Waals surface area contributed by atoms with Gasteiger partial charge in [-0.05, 0) is 11.6 Å². The summed E-state index contributed by atoms with van der Waals surface area (Å²) in [6.45, 7) is -0.236. The van der Waals surface area contributed by atoms with Crippen LogP contribution in [0.25, 0.3) is 0 Å². The molecule has 6 heteroatoms. The van der Waals surface area contributed by atoms with Crippen molar-refractivity contribution in [1.29, 1.82) is 0 Å². The molecule has 0 aliphatic heterocycles. The molecule has 0 aliphatic rings. The van der Waals surface area contributed by atoms with Crippen LogP contribution in [0.1, 0.15) is 0 Å². The first-order valence-electron chi connectivity index (χ1n) is 2.18. The van der Waals surface area contributed by atoms with Crippen LogP contribution in [-0.2, 0) is 14.3 Å². The number of esters is 1. The molecule has 0 rings (SSSR count). The van der Waals surface area contributed by atoms with Crippen molar-refractivity contribution in [3.63, 3.8) is 0 Å². The van der Waals surface area contributed by atoms with Crippen molar-refractivity contribution in [1.82, 2.24) is 0 Å². The van der Waals surface area contributed by atoms with Gasteiger partial charge in [-0.1, -0.05) is 0 Å². The van der Waals surface area contributed by atoms with Crippen LogP contribution in [-0.4, -0.2) is 22.7 Å². The second kappa shape index (κ2) is 4.77. The third-order valence-corrected chi connectivity index (χ3v) is 0.907. The van der Waals surface area contributed by atoms with E-state index in [9.17, 15) is 9.59 Å². The zero-order valence-corrected chi connectivity index (χ0v) is 6.91. The fourth-order valence-electron chi connectivity index (χ4n) is 0.195. The Balaban J connectivity index is 3.50. The standard InChI is InChI=1S/C4H3Cl3O3/c5-2(6)1-10-4(9)3(7)8/h2H,1H2. The van der Waals surface area contributed by atoms with E-state index < -0.39 is 16.0 Å².